The Hall–Kier alpha value is -4.00. The van der Waals surface area contributed by atoms with Crippen molar-refractivity contribution in [1.29, 1.82) is 0 Å². The lowest BCUT2D eigenvalue weighted by Gasteiger charge is -2.18. The van der Waals surface area contributed by atoms with Crippen molar-refractivity contribution in [2.24, 2.45) is 0 Å². The standard InChI is InChI=1S/C42H58O6/c1-3-5-7-11-19-29-37(31-21-15-9-13-17-25-35-27-23-33-39(43)41(35)45)47-48-38(30-20-12-8-6-4-2)32-22-16-10-14-18-26-36-28-24-34-40(44)42(36)46/h3-8,11-12,19-20,23-24,27-30,33-34,37-38,43-46H,9-10,13-18,21-22,25-26,31-32H2,1-2H3/b5-3-,6-4-,11-7+,12-8+,29-19+,30-20+. The first-order chi connectivity index (χ1) is 23.5. The van der Waals surface area contributed by atoms with Crippen LogP contribution in [0.15, 0.2) is 109 Å². The molecule has 0 heterocycles. The van der Waals surface area contributed by atoms with Crippen molar-refractivity contribution in [3.05, 3.63) is 120 Å². The minimum Gasteiger partial charge on any atom is -0.504 e. The largest absolute Gasteiger partial charge is 0.504 e. The highest BCUT2D eigenvalue weighted by Crippen LogP contribution is 2.30. The summed E-state index contributed by atoms with van der Waals surface area (Å²) in [6.07, 6.45) is 37.4. The second kappa shape index (κ2) is 26.0. The average molecular weight is 659 g/mol. The molecule has 0 aliphatic carbocycles. The molecule has 48 heavy (non-hydrogen) atoms. The van der Waals surface area contributed by atoms with E-state index >= 15 is 0 Å². The van der Waals surface area contributed by atoms with Crippen molar-refractivity contribution in [3.8, 4) is 23.0 Å². The van der Waals surface area contributed by atoms with Crippen molar-refractivity contribution in [2.45, 2.75) is 116 Å². The van der Waals surface area contributed by atoms with Gasteiger partial charge in [0.25, 0.3) is 0 Å². The fourth-order valence-electron chi connectivity index (χ4n) is 5.29. The second-order valence-electron chi connectivity index (χ2n) is 12.0. The second-order valence-corrected chi connectivity index (χ2v) is 12.0. The van der Waals surface area contributed by atoms with Crippen LogP contribution in [-0.2, 0) is 22.6 Å². The van der Waals surface area contributed by atoms with Gasteiger partial charge >= 0.3 is 0 Å². The van der Waals surface area contributed by atoms with Crippen LogP contribution in [-0.4, -0.2) is 32.6 Å². The van der Waals surface area contributed by atoms with Gasteiger partial charge in [0.05, 0.1) is 0 Å². The summed E-state index contributed by atoms with van der Waals surface area (Å²) < 4.78 is 0. The number of hydrogen-bond acceptors (Lipinski definition) is 6. The Bertz CT molecular complexity index is 1220. The molecular weight excluding hydrogens is 600 g/mol. The third kappa shape index (κ3) is 17.8. The van der Waals surface area contributed by atoms with Gasteiger partial charge in [-0.25, -0.2) is 9.78 Å². The number of unbranched alkanes of at least 4 members (excludes halogenated alkanes) is 8. The van der Waals surface area contributed by atoms with Crippen molar-refractivity contribution in [3.63, 3.8) is 0 Å². The lowest BCUT2D eigenvalue weighted by Crippen LogP contribution is -2.17. The molecule has 0 saturated carbocycles. The molecule has 0 spiro atoms. The number of phenols is 4. The molecule has 4 N–H and O–H groups in total. The first-order valence-corrected chi connectivity index (χ1v) is 17.7. The Morgan fingerprint density at radius 2 is 0.854 bits per heavy atom. The van der Waals surface area contributed by atoms with E-state index in [0.29, 0.717) is 0 Å². The fourth-order valence-corrected chi connectivity index (χ4v) is 5.29. The van der Waals surface area contributed by atoms with E-state index in [0.717, 1.165) is 101 Å². The Morgan fingerprint density at radius 1 is 0.479 bits per heavy atom. The number of aryl methyl sites for hydroxylation is 2. The van der Waals surface area contributed by atoms with E-state index in [9.17, 15) is 20.4 Å². The number of hydrogen-bond donors (Lipinski definition) is 4. The predicted octanol–water partition coefficient (Wildman–Crippen LogP) is 11.0. The van der Waals surface area contributed by atoms with Crippen LogP contribution in [0.2, 0.25) is 0 Å². The SMILES string of the molecule is C\C=C/C=C/C=C/C(CCCCCCCc1cccc(O)c1O)OOC(/C=C/C=C/C=C\C)CCCCCCCc1cccc(O)c1O. The van der Waals surface area contributed by atoms with Crippen LogP contribution in [0.1, 0.15) is 102 Å². The number of aromatic hydroxyl groups is 4. The first-order valence-electron chi connectivity index (χ1n) is 17.7. The number of phenolic OH excluding ortho intramolecular Hbond substituents is 4. The van der Waals surface area contributed by atoms with Gasteiger partial charge in [-0.1, -0.05) is 149 Å². The van der Waals surface area contributed by atoms with Gasteiger partial charge in [0.15, 0.2) is 23.0 Å². The Morgan fingerprint density at radius 3 is 1.27 bits per heavy atom. The molecule has 2 rings (SSSR count). The molecule has 0 amide bonds. The molecule has 2 unspecified atom stereocenters. The van der Waals surface area contributed by atoms with Gasteiger partial charge in [0.2, 0.25) is 0 Å². The topological polar surface area (TPSA) is 99.4 Å². The zero-order chi connectivity index (χ0) is 34.7. The molecule has 2 aromatic carbocycles. The van der Waals surface area contributed by atoms with E-state index in [-0.39, 0.29) is 35.2 Å². The van der Waals surface area contributed by atoms with Crippen LogP contribution < -0.4 is 0 Å². The average Bonchev–Trinajstić information content (AvgIpc) is 3.08. The summed E-state index contributed by atoms with van der Waals surface area (Å²) in [6, 6.07) is 10.3. The summed E-state index contributed by atoms with van der Waals surface area (Å²) in [4.78, 5) is 12.1. The van der Waals surface area contributed by atoms with E-state index in [1.54, 1.807) is 12.1 Å². The van der Waals surface area contributed by atoms with Crippen LogP contribution in [0.25, 0.3) is 0 Å². The van der Waals surface area contributed by atoms with E-state index in [1.807, 2.05) is 86.7 Å². The summed E-state index contributed by atoms with van der Waals surface area (Å²) in [5.41, 5.74) is 1.59. The smallest absolute Gasteiger partial charge is 0.160 e. The molecule has 0 aliphatic rings. The Balaban J connectivity index is 1.82. The van der Waals surface area contributed by atoms with Gasteiger partial charge in [-0.3, -0.25) is 0 Å². The number of allylic oxidation sites excluding steroid dienone is 10. The van der Waals surface area contributed by atoms with E-state index in [2.05, 4.69) is 12.2 Å². The van der Waals surface area contributed by atoms with E-state index in [4.69, 9.17) is 9.78 Å². The molecule has 0 radical (unpaired) electrons. The van der Waals surface area contributed by atoms with Crippen molar-refractivity contribution in [2.75, 3.05) is 0 Å². The van der Waals surface area contributed by atoms with Gasteiger partial charge in [-0.05, 0) is 75.6 Å². The molecule has 2 aromatic rings. The summed E-state index contributed by atoms with van der Waals surface area (Å²) in [7, 11) is 0. The highest BCUT2D eigenvalue weighted by molar-refractivity contribution is 5.45. The lowest BCUT2D eigenvalue weighted by molar-refractivity contribution is -0.334. The third-order valence-electron chi connectivity index (χ3n) is 8.07. The number of rotatable bonds is 25. The normalized spacial score (nSPS) is 13.8. The van der Waals surface area contributed by atoms with Gasteiger partial charge in [0.1, 0.15) is 12.2 Å². The molecule has 0 saturated heterocycles. The zero-order valence-electron chi connectivity index (χ0n) is 29.1. The summed E-state index contributed by atoms with van der Waals surface area (Å²) in [5.74, 6) is -0.120. The minimum absolute atomic E-state index is 0.00184. The van der Waals surface area contributed by atoms with Gasteiger partial charge < -0.3 is 20.4 Å². The van der Waals surface area contributed by atoms with Crippen molar-refractivity contribution < 1.29 is 30.2 Å². The maximum absolute atomic E-state index is 10.0. The highest BCUT2D eigenvalue weighted by atomic mass is 17.2. The number of para-hydroxylation sites is 2. The van der Waals surface area contributed by atoms with Gasteiger partial charge in [-0.2, -0.15) is 0 Å². The predicted molar refractivity (Wildman–Crippen MR) is 198 cm³/mol. The molecule has 0 aliphatic heterocycles. The van der Waals surface area contributed by atoms with Crippen molar-refractivity contribution >= 4 is 0 Å². The monoisotopic (exact) mass is 658 g/mol. The highest BCUT2D eigenvalue weighted by Gasteiger charge is 2.12. The maximum atomic E-state index is 10.0. The first kappa shape index (κ1) is 40.2. The summed E-state index contributed by atoms with van der Waals surface area (Å²) in [5, 5.41) is 39.4. The molecule has 6 heteroatoms. The zero-order valence-corrected chi connectivity index (χ0v) is 29.1. The van der Waals surface area contributed by atoms with Crippen LogP contribution in [0.3, 0.4) is 0 Å². The molecule has 0 bridgehead atoms. The third-order valence-corrected chi connectivity index (χ3v) is 8.07. The fraction of sp³-hybridized carbons (Fsp3) is 0.429. The lowest BCUT2D eigenvalue weighted by atomic mass is 10.0. The maximum Gasteiger partial charge on any atom is 0.160 e. The van der Waals surface area contributed by atoms with Crippen LogP contribution in [0, 0.1) is 0 Å². The Kier molecular flexibility index (Phi) is 21.8. The van der Waals surface area contributed by atoms with Gasteiger partial charge in [-0.15, -0.1) is 0 Å². The van der Waals surface area contributed by atoms with Crippen LogP contribution in [0.5, 0.6) is 23.0 Å². The van der Waals surface area contributed by atoms with E-state index in [1.165, 1.54) is 12.1 Å². The molecule has 6 nitrogen and oxygen atoms in total. The van der Waals surface area contributed by atoms with Crippen LogP contribution in [0.4, 0.5) is 0 Å². The van der Waals surface area contributed by atoms with E-state index < -0.39 is 0 Å². The molecule has 0 fully saturated rings. The summed E-state index contributed by atoms with van der Waals surface area (Å²) in [6.45, 7) is 3.98. The molecule has 0 aromatic heterocycles. The van der Waals surface area contributed by atoms with Crippen LogP contribution >= 0.6 is 0 Å². The number of benzene rings is 2. The minimum atomic E-state index is -0.159. The quantitative estimate of drug-likeness (QED) is 0.0279. The molecule has 262 valence electrons. The Labute approximate surface area is 289 Å². The summed E-state index contributed by atoms with van der Waals surface area (Å²) >= 11 is 0. The molecular formula is C42H58O6. The molecule has 2 atom stereocenters. The van der Waals surface area contributed by atoms with Crippen molar-refractivity contribution in [1.82, 2.24) is 0 Å². The van der Waals surface area contributed by atoms with Gasteiger partial charge in [0, 0.05) is 0 Å².